The number of pyridine rings is 1. The maximum absolute atomic E-state index is 11.9. The normalized spacial score (nSPS) is 21.2. The first kappa shape index (κ1) is 15.5. The quantitative estimate of drug-likeness (QED) is 0.926. The van der Waals surface area contributed by atoms with Crippen LogP contribution in [0.25, 0.3) is 0 Å². The first-order valence-corrected chi connectivity index (χ1v) is 7.74. The van der Waals surface area contributed by atoms with E-state index in [0.29, 0.717) is 5.69 Å². The van der Waals surface area contributed by atoms with E-state index in [1.165, 1.54) is 0 Å². The van der Waals surface area contributed by atoms with E-state index >= 15 is 0 Å². The molecule has 3 heterocycles. The van der Waals surface area contributed by atoms with Gasteiger partial charge in [0.1, 0.15) is 12.4 Å². The number of aromatic nitrogens is 3. The molecule has 1 amide bonds. The van der Waals surface area contributed by atoms with Gasteiger partial charge < -0.3 is 15.0 Å². The van der Waals surface area contributed by atoms with Crippen LogP contribution in [0.4, 0.5) is 11.5 Å². The molecule has 0 aromatic carbocycles. The highest BCUT2D eigenvalue weighted by atomic mass is 16.5. The Hall–Kier alpha value is -2.41. The fourth-order valence-corrected chi connectivity index (χ4v) is 2.75. The van der Waals surface area contributed by atoms with Crippen LogP contribution in [0.15, 0.2) is 36.8 Å². The number of nitrogens with one attached hydrogen (secondary N) is 1. The molecule has 1 aliphatic rings. The third-order valence-corrected chi connectivity index (χ3v) is 3.64. The molecule has 0 unspecified atom stereocenters. The Labute approximate surface area is 135 Å². The standard InChI is InChI=1S/C16H21N5O2/c1-12-9-20(10-13(2)23-12)15-5-4-14(8-17-15)19-16(22)11-21-7-3-6-18-21/h3-8,12-13H,9-11H2,1-2H3,(H,19,22)/t12-,13-/m1/s1. The second kappa shape index (κ2) is 6.78. The lowest BCUT2D eigenvalue weighted by atomic mass is 10.2. The van der Waals surface area contributed by atoms with Gasteiger partial charge in [-0.1, -0.05) is 0 Å². The zero-order valence-electron chi connectivity index (χ0n) is 13.3. The van der Waals surface area contributed by atoms with Crippen LogP contribution in [-0.2, 0) is 16.1 Å². The van der Waals surface area contributed by atoms with Crippen molar-refractivity contribution in [1.82, 2.24) is 14.8 Å². The van der Waals surface area contributed by atoms with Crippen LogP contribution in [-0.4, -0.2) is 46.0 Å². The summed E-state index contributed by atoms with van der Waals surface area (Å²) in [6.07, 6.45) is 5.46. The van der Waals surface area contributed by atoms with Gasteiger partial charge >= 0.3 is 0 Å². The Morgan fingerprint density at radius 1 is 1.35 bits per heavy atom. The van der Waals surface area contributed by atoms with Crippen LogP contribution in [0.1, 0.15) is 13.8 Å². The summed E-state index contributed by atoms with van der Waals surface area (Å²) in [5, 5.41) is 6.83. The summed E-state index contributed by atoms with van der Waals surface area (Å²) in [6, 6.07) is 5.58. The minimum atomic E-state index is -0.128. The molecule has 0 radical (unpaired) electrons. The van der Waals surface area contributed by atoms with Crippen LogP contribution in [0.2, 0.25) is 0 Å². The van der Waals surface area contributed by atoms with E-state index in [4.69, 9.17) is 4.74 Å². The highest BCUT2D eigenvalue weighted by molar-refractivity contribution is 5.90. The van der Waals surface area contributed by atoms with E-state index in [2.05, 4.69) is 34.1 Å². The number of morpholine rings is 1. The lowest BCUT2D eigenvalue weighted by Crippen LogP contribution is -2.45. The lowest BCUT2D eigenvalue weighted by Gasteiger charge is -2.36. The van der Waals surface area contributed by atoms with E-state index in [1.807, 2.05) is 12.1 Å². The second-order valence-corrected chi connectivity index (χ2v) is 5.82. The topological polar surface area (TPSA) is 72.3 Å². The Bertz CT molecular complexity index is 631. The number of carbonyl (C=O) groups is 1. The summed E-state index contributed by atoms with van der Waals surface area (Å²) in [5.41, 5.74) is 0.681. The van der Waals surface area contributed by atoms with Crippen LogP contribution < -0.4 is 10.2 Å². The second-order valence-electron chi connectivity index (χ2n) is 5.82. The number of anilines is 2. The highest BCUT2D eigenvalue weighted by Crippen LogP contribution is 2.19. The number of hydrogen-bond acceptors (Lipinski definition) is 5. The first-order chi connectivity index (χ1) is 11.1. The van der Waals surface area contributed by atoms with Gasteiger partial charge in [0.25, 0.3) is 0 Å². The number of hydrogen-bond donors (Lipinski definition) is 1. The van der Waals surface area contributed by atoms with Gasteiger partial charge in [-0.15, -0.1) is 0 Å². The van der Waals surface area contributed by atoms with Crippen molar-refractivity contribution in [2.24, 2.45) is 0 Å². The van der Waals surface area contributed by atoms with Crippen LogP contribution in [0.3, 0.4) is 0 Å². The Kier molecular flexibility index (Phi) is 4.57. The number of nitrogens with zero attached hydrogens (tertiary/aromatic N) is 4. The van der Waals surface area contributed by atoms with Crippen LogP contribution >= 0.6 is 0 Å². The zero-order chi connectivity index (χ0) is 16.2. The molecule has 122 valence electrons. The third-order valence-electron chi connectivity index (χ3n) is 3.64. The van der Waals surface area contributed by atoms with Gasteiger partial charge in [-0.05, 0) is 32.0 Å². The summed E-state index contributed by atoms with van der Waals surface area (Å²) >= 11 is 0. The Balaban J connectivity index is 1.59. The van der Waals surface area contributed by atoms with Crippen molar-refractivity contribution in [1.29, 1.82) is 0 Å². The van der Waals surface area contributed by atoms with Gasteiger partial charge in [-0.2, -0.15) is 5.10 Å². The van der Waals surface area contributed by atoms with Crippen molar-refractivity contribution in [2.45, 2.75) is 32.6 Å². The van der Waals surface area contributed by atoms with E-state index < -0.39 is 0 Å². The van der Waals surface area contributed by atoms with Crippen molar-refractivity contribution < 1.29 is 9.53 Å². The van der Waals surface area contributed by atoms with E-state index in [-0.39, 0.29) is 24.7 Å². The molecule has 1 N–H and O–H groups in total. The van der Waals surface area contributed by atoms with E-state index in [1.54, 1.807) is 29.3 Å². The van der Waals surface area contributed by atoms with Gasteiger partial charge in [0.05, 0.1) is 24.1 Å². The fraction of sp³-hybridized carbons (Fsp3) is 0.438. The Morgan fingerprint density at radius 2 is 2.13 bits per heavy atom. The summed E-state index contributed by atoms with van der Waals surface area (Å²) < 4.78 is 7.31. The molecule has 7 nitrogen and oxygen atoms in total. The molecule has 7 heteroatoms. The average molecular weight is 315 g/mol. The predicted molar refractivity (Wildman–Crippen MR) is 87.3 cm³/mol. The molecule has 23 heavy (non-hydrogen) atoms. The number of rotatable bonds is 4. The van der Waals surface area contributed by atoms with E-state index in [0.717, 1.165) is 18.9 Å². The molecule has 2 aromatic heterocycles. The number of amides is 1. The third kappa shape index (κ3) is 4.07. The molecule has 2 atom stereocenters. The number of ether oxygens (including phenoxy) is 1. The van der Waals surface area contributed by atoms with Crippen LogP contribution in [0.5, 0.6) is 0 Å². The molecule has 0 saturated carbocycles. The smallest absolute Gasteiger partial charge is 0.246 e. The molecule has 0 bridgehead atoms. The molecule has 1 aliphatic heterocycles. The van der Waals surface area contributed by atoms with Gasteiger partial charge in [0.2, 0.25) is 5.91 Å². The monoisotopic (exact) mass is 315 g/mol. The minimum absolute atomic E-state index is 0.128. The molecular formula is C16H21N5O2. The van der Waals surface area contributed by atoms with Crippen molar-refractivity contribution in [3.63, 3.8) is 0 Å². The minimum Gasteiger partial charge on any atom is -0.372 e. The summed E-state index contributed by atoms with van der Waals surface area (Å²) in [5.74, 6) is 0.772. The fourth-order valence-electron chi connectivity index (χ4n) is 2.75. The number of carbonyl (C=O) groups excluding carboxylic acids is 1. The van der Waals surface area contributed by atoms with Crippen LogP contribution in [0, 0.1) is 0 Å². The maximum atomic E-state index is 11.9. The van der Waals surface area contributed by atoms with Crippen molar-refractivity contribution in [3.8, 4) is 0 Å². The van der Waals surface area contributed by atoms with E-state index in [9.17, 15) is 4.79 Å². The summed E-state index contributed by atoms with van der Waals surface area (Å²) in [6.45, 7) is 5.96. The van der Waals surface area contributed by atoms with Gasteiger partial charge in [-0.3, -0.25) is 9.48 Å². The molecule has 0 aliphatic carbocycles. The van der Waals surface area contributed by atoms with Crippen molar-refractivity contribution in [3.05, 3.63) is 36.8 Å². The molecule has 0 spiro atoms. The van der Waals surface area contributed by atoms with Gasteiger partial charge in [-0.25, -0.2) is 4.98 Å². The molecule has 3 rings (SSSR count). The molecular weight excluding hydrogens is 294 g/mol. The average Bonchev–Trinajstić information content (AvgIpc) is 2.99. The molecule has 1 saturated heterocycles. The van der Waals surface area contributed by atoms with Crippen molar-refractivity contribution in [2.75, 3.05) is 23.3 Å². The highest BCUT2D eigenvalue weighted by Gasteiger charge is 2.23. The largest absolute Gasteiger partial charge is 0.372 e. The molecule has 2 aromatic rings. The first-order valence-electron chi connectivity index (χ1n) is 7.74. The molecule has 1 fully saturated rings. The van der Waals surface area contributed by atoms with Gasteiger partial charge in [0, 0.05) is 25.5 Å². The van der Waals surface area contributed by atoms with Gasteiger partial charge in [0.15, 0.2) is 0 Å². The SMILES string of the molecule is C[C@@H]1CN(c2ccc(NC(=O)Cn3cccn3)cn2)C[C@@H](C)O1. The van der Waals surface area contributed by atoms with Crippen molar-refractivity contribution >= 4 is 17.4 Å². The predicted octanol–water partition coefficient (Wildman–Crippen LogP) is 1.53. The summed E-state index contributed by atoms with van der Waals surface area (Å²) in [4.78, 5) is 18.6. The summed E-state index contributed by atoms with van der Waals surface area (Å²) in [7, 11) is 0. The Morgan fingerprint density at radius 3 is 2.74 bits per heavy atom. The zero-order valence-corrected chi connectivity index (χ0v) is 13.3. The maximum Gasteiger partial charge on any atom is 0.246 e. The lowest BCUT2D eigenvalue weighted by molar-refractivity contribution is -0.116.